The van der Waals surface area contributed by atoms with E-state index < -0.39 is 18.1 Å². The third-order valence-electron chi connectivity index (χ3n) is 7.03. The molecule has 34 heavy (non-hydrogen) atoms. The van der Waals surface area contributed by atoms with Crippen molar-refractivity contribution >= 4 is 29.7 Å². The Morgan fingerprint density at radius 2 is 1.71 bits per heavy atom. The molecule has 8 heteroatoms. The number of thioether (sulfide) groups is 1. The number of carbonyl (C=O) groups is 3. The van der Waals surface area contributed by atoms with Crippen LogP contribution in [0.15, 0.2) is 48.5 Å². The average Bonchev–Trinajstić information content (AvgIpc) is 3.53. The van der Waals surface area contributed by atoms with Gasteiger partial charge in [0, 0.05) is 24.1 Å². The van der Waals surface area contributed by atoms with Crippen molar-refractivity contribution in [1.29, 1.82) is 0 Å². The summed E-state index contributed by atoms with van der Waals surface area (Å²) in [6.07, 6.45) is 1.43. The lowest BCUT2D eigenvalue weighted by atomic mass is 9.98. The van der Waals surface area contributed by atoms with Crippen LogP contribution in [0.3, 0.4) is 0 Å². The van der Waals surface area contributed by atoms with Crippen molar-refractivity contribution in [2.24, 2.45) is 5.92 Å². The van der Waals surface area contributed by atoms with Crippen LogP contribution in [0.1, 0.15) is 43.2 Å². The van der Waals surface area contributed by atoms with Gasteiger partial charge in [-0.15, -0.1) is 11.8 Å². The molecule has 2 amide bonds. The third-order valence-corrected chi connectivity index (χ3v) is 8.25. The van der Waals surface area contributed by atoms with Gasteiger partial charge in [0.1, 0.15) is 12.6 Å². The highest BCUT2D eigenvalue weighted by atomic mass is 32.2. The van der Waals surface area contributed by atoms with Crippen LogP contribution in [0.25, 0.3) is 11.1 Å². The van der Waals surface area contributed by atoms with Gasteiger partial charge in [0.2, 0.25) is 5.91 Å². The van der Waals surface area contributed by atoms with Crippen LogP contribution in [0, 0.1) is 5.92 Å². The number of hydrogen-bond donors (Lipinski definition) is 2. The molecule has 2 aromatic rings. The van der Waals surface area contributed by atoms with Gasteiger partial charge in [-0.1, -0.05) is 48.5 Å². The summed E-state index contributed by atoms with van der Waals surface area (Å²) in [7, 11) is 0. The zero-order chi connectivity index (χ0) is 23.8. The third kappa shape index (κ3) is 4.39. The number of nitrogens with zero attached hydrogens (tertiary/aromatic N) is 1. The van der Waals surface area contributed by atoms with Crippen LogP contribution in [-0.4, -0.2) is 57.8 Å². The summed E-state index contributed by atoms with van der Waals surface area (Å²) in [4.78, 5) is 38.8. The second-order valence-corrected chi connectivity index (χ2v) is 10.6. The highest BCUT2D eigenvalue weighted by molar-refractivity contribution is 8.00. The van der Waals surface area contributed by atoms with Crippen LogP contribution in [0.4, 0.5) is 4.79 Å². The first kappa shape index (κ1) is 22.8. The summed E-state index contributed by atoms with van der Waals surface area (Å²) >= 11 is 1.46. The molecule has 0 bridgehead atoms. The smallest absolute Gasteiger partial charge is 0.407 e. The minimum Gasteiger partial charge on any atom is -0.480 e. The highest BCUT2D eigenvalue weighted by Crippen LogP contribution is 2.44. The Morgan fingerprint density at radius 1 is 1.09 bits per heavy atom. The van der Waals surface area contributed by atoms with Crippen molar-refractivity contribution in [1.82, 2.24) is 10.2 Å². The lowest BCUT2D eigenvalue weighted by Gasteiger charge is -2.27. The van der Waals surface area contributed by atoms with Gasteiger partial charge < -0.3 is 20.1 Å². The predicted octanol–water partition coefficient (Wildman–Crippen LogP) is 4.07. The first-order valence-electron chi connectivity index (χ1n) is 11.7. The number of hydrogen-bond acceptors (Lipinski definition) is 5. The van der Waals surface area contributed by atoms with Gasteiger partial charge in [0.25, 0.3) is 0 Å². The number of benzene rings is 2. The van der Waals surface area contributed by atoms with E-state index in [2.05, 4.69) is 29.6 Å². The first-order chi connectivity index (χ1) is 16.4. The van der Waals surface area contributed by atoms with Gasteiger partial charge >= 0.3 is 12.1 Å². The summed E-state index contributed by atoms with van der Waals surface area (Å²) in [5.41, 5.74) is 4.62. The fourth-order valence-corrected chi connectivity index (χ4v) is 6.32. The molecule has 0 aromatic heterocycles. The summed E-state index contributed by atoms with van der Waals surface area (Å²) < 4.78 is 5.66. The molecular weight excluding hydrogens is 452 g/mol. The summed E-state index contributed by atoms with van der Waals surface area (Å²) in [5, 5.41) is 12.2. The Balaban J connectivity index is 1.22. The Kier molecular flexibility index (Phi) is 6.25. The summed E-state index contributed by atoms with van der Waals surface area (Å²) in [6, 6.07) is 15.2. The molecule has 3 unspecified atom stereocenters. The lowest BCUT2D eigenvalue weighted by molar-refractivity contribution is -0.149. The Bertz CT molecular complexity index is 1070. The molecule has 7 nitrogen and oxygen atoms in total. The van der Waals surface area contributed by atoms with Crippen LogP contribution in [0.2, 0.25) is 0 Å². The van der Waals surface area contributed by atoms with Crippen LogP contribution in [-0.2, 0) is 14.3 Å². The van der Waals surface area contributed by atoms with Crippen molar-refractivity contribution in [2.45, 2.75) is 49.6 Å². The molecule has 0 spiro atoms. The van der Waals surface area contributed by atoms with E-state index in [0.29, 0.717) is 5.75 Å². The molecule has 3 aliphatic rings. The first-order valence-corrected chi connectivity index (χ1v) is 12.8. The summed E-state index contributed by atoms with van der Waals surface area (Å²) in [6.45, 7) is 2.06. The number of carbonyl (C=O) groups excluding carboxylic acids is 2. The highest BCUT2D eigenvalue weighted by Gasteiger charge is 2.42. The van der Waals surface area contributed by atoms with Gasteiger partial charge in [-0.3, -0.25) is 4.79 Å². The fraction of sp³-hybridized carbons (Fsp3) is 0.423. The molecule has 2 N–H and O–H groups in total. The quantitative estimate of drug-likeness (QED) is 0.620. The van der Waals surface area contributed by atoms with Crippen molar-refractivity contribution in [3.63, 3.8) is 0 Å². The number of amides is 2. The molecule has 178 valence electrons. The van der Waals surface area contributed by atoms with Gasteiger partial charge in [-0.05, 0) is 47.9 Å². The van der Waals surface area contributed by atoms with E-state index in [9.17, 15) is 19.5 Å². The van der Waals surface area contributed by atoms with Gasteiger partial charge in [-0.2, -0.15) is 0 Å². The standard InChI is InChI=1S/C26H28N2O5S/c1-15-28(23(14-34-15)25(30)31)24(29)12-22(16-10-11-16)27-26(32)33-13-21-19-8-4-2-6-17(19)18-7-3-5-9-20(18)21/h2-9,15-16,21-23H,10-14H2,1H3,(H,27,32)(H,30,31). The Hall–Kier alpha value is -3.00. The van der Waals surface area contributed by atoms with E-state index in [1.165, 1.54) is 27.8 Å². The summed E-state index contributed by atoms with van der Waals surface area (Å²) in [5.74, 6) is -0.648. The largest absolute Gasteiger partial charge is 0.480 e. The van der Waals surface area contributed by atoms with Crippen LogP contribution < -0.4 is 5.32 Å². The van der Waals surface area contributed by atoms with Gasteiger partial charge in [0.05, 0.1) is 5.37 Å². The van der Waals surface area contributed by atoms with E-state index in [4.69, 9.17) is 4.74 Å². The molecule has 0 radical (unpaired) electrons. The van der Waals surface area contributed by atoms with E-state index in [1.54, 1.807) is 0 Å². The molecule has 5 rings (SSSR count). The number of fused-ring (bicyclic) bond motifs is 3. The van der Waals surface area contributed by atoms with E-state index >= 15 is 0 Å². The van der Waals surface area contributed by atoms with Crippen molar-refractivity contribution in [2.75, 3.05) is 12.4 Å². The number of carboxylic acids is 1. The Labute approximate surface area is 202 Å². The SMILES string of the molecule is CC1SCC(C(=O)O)N1C(=O)CC(NC(=O)OCC1c2ccccc2-c2ccccc21)C1CC1. The molecule has 1 saturated heterocycles. The number of ether oxygens (including phenoxy) is 1. The molecule has 1 heterocycles. The average molecular weight is 481 g/mol. The Morgan fingerprint density at radius 3 is 2.29 bits per heavy atom. The maximum Gasteiger partial charge on any atom is 0.407 e. The minimum absolute atomic E-state index is 0.0297. The number of aliphatic carboxylic acids is 1. The minimum atomic E-state index is -0.988. The fourth-order valence-electron chi connectivity index (χ4n) is 5.13. The van der Waals surface area contributed by atoms with Gasteiger partial charge in [0.15, 0.2) is 0 Å². The van der Waals surface area contributed by atoms with Crippen molar-refractivity contribution < 1.29 is 24.2 Å². The monoisotopic (exact) mass is 480 g/mol. The zero-order valence-electron chi connectivity index (χ0n) is 19.0. The second kappa shape index (κ2) is 9.33. The molecule has 2 aromatic carbocycles. The van der Waals surface area contributed by atoms with E-state index in [1.807, 2.05) is 31.2 Å². The molecule has 1 saturated carbocycles. The van der Waals surface area contributed by atoms with E-state index in [-0.39, 0.29) is 42.2 Å². The van der Waals surface area contributed by atoms with Crippen LogP contribution >= 0.6 is 11.8 Å². The van der Waals surface area contributed by atoms with Crippen molar-refractivity contribution in [3.05, 3.63) is 59.7 Å². The van der Waals surface area contributed by atoms with E-state index in [0.717, 1.165) is 24.0 Å². The maximum atomic E-state index is 13.0. The molecule has 1 aliphatic heterocycles. The number of carboxylic acid groups (broad SMARTS) is 1. The topological polar surface area (TPSA) is 95.9 Å². The number of alkyl carbamates (subject to hydrolysis) is 1. The maximum absolute atomic E-state index is 13.0. The normalized spacial score (nSPS) is 22.1. The van der Waals surface area contributed by atoms with Crippen LogP contribution in [0.5, 0.6) is 0 Å². The molecular formula is C26H28N2O5S. The van der Waals surface area contributed by atoms with Crippen molar-refractivity contribution in [3.8, 4) is 11.1 Å². The molecule has 3 atom stereocenters. The number of nitrogens with one attached hydrogen (secondary N) is 1. The molecule has 2 fully saturated rings. The zero-order valence-corrected chi connectivity index (χ0v) is 19.8. The predicted molar refractivity (Wildman–Crippen MR) is 130 cm³/mol. The van der Waals surface area contributed by atoms with Gasteiger partial charge in [-0.25, -0.2) is 9.59 Å². The number of rotatable bonds is 7. The second-order valence-electron chi connectivity index (χ2n) is 9.21. The lowest BCUT2D eigenvalue weighted by Crippen LogP contribution is -2.48. The molecule has 2 aliphatic carbocycles.